The number of aliphatic imine (C=N–C) groups is 1. The zero-order valence-electron chi connectivity index (χ0n) is 14.9. The molecule has 138 valence electrons. The molecule has 1 aromatic rings. The van der Waals surface area contributed by atoms with Gasteiger partial charge in [0.05, 0.1) is 11.8 Å². The molecule has 4 unspecified atom stereocenters. The van der Waals surface area contributed by atoms with Crippen LogP contribution in [0.3, 0.4) is 0 Å². The molecule has 3 aliphatic rings. The number of nitrogens with zero attached hydrogens (tertiary/aromatic N) is 2. The highest BCUT2D eigenvalue weighted by Gasteiger charge is 2.58. The van der Waals surface area contributed by atoms with Crippen molar-refractivity contribution in [3.05, 3.63) is 34.5 Å². The number of carbonyl (C=O) groups excluding carboxylic acids is 2. The van der Waals surface area contributed by atoms with E-state index in [4.69, 9.17) is 0 Å². The minimum Gasteiger partial charge on any atom is -0.356 e. The molecule has 2 fully saturated rings. The van der Waals surface area contributed by atoms with E-state index in [0.29, 0.717) is 19.0 Å². The second kappa shape index (κ2) is 7.23. The van der Waals surface area contributed by atoms with Gasteiger partial charge >= 0.3 is 0 Å². The van der Waals surface area contributed by atoms with Gasteiger partial charge in [-0.05, 0) is 36.1 Å². The summed E-state index contributed by atoms with van der Waals surface area (Å²) in [6.45, 7) is 1.70. The summed E-state index contributed by atoms with van der Waals surface area (Å²) < 4.78 is 0. The maximum absolute atomic E-state index is 12.6. The number of imide groups is 1. The van der Waals surface area contributed by atoms with Crippen LogP contribution in [0.1, 0.15) is 11.3 Å². The molecule has 26 heavy (non-hydrogen) atoms. The average Bonchev–Trinajstić information content (AvgIpc) is 3.41. The molecule has 7 heteroatoms. The van der Waals surface area contributed by atoms with Crippen LogP contribution in [0.5, 0.6) is 0 Å². The van der Waals surface area contributed by atoms with Crippen LogP contribution >= 0.6 is 11.3 Å². The summed E-state index contributed by atoms with van der Waals surface area (Å²) in [4.78, 5) is 32.3. The number of nitrogens with one attached hydrogen (secondary N) is 2. The van der Waals surface area contributed by atoms with Crippen molar-refractivity contribution in [1.82, 2.24) is 15.5 Å². The van der Waals surface area contributed by atoms with Crippen LogP contribution in [-0.2, 0) is 16.0 Å². The van der Waals surface area contributed by atoms with Crippen LogP contribution in [0.25, 0.3) is 0 Å². The minimum atomic E-state index is -0.110. The number of hydrogen-bond acceptors (Lipinski definition) is 4. The highest BCUT2D eigenvalue weighted by atomic mass is 32.1. The lowest BCUT2D eigenvalue weighted by atomic mass is 9.85. The Hall–Kier alpha value is -2.15. The van der Waals surface area contributed by atoms with Crippen molar-refractivity contribution in [3.8, 4) is 0 Å². The summed E-state index contributed by atoms with van der Waals surface area (Å²) in [7, 11) is 1.72. The Kier molecular flexibility index (Phi) is 4.80. The third-order valence-corrected chi connectivity index (χ3v) is 6.59. The SMILES string of the molecule is CN=C(NCCc1cccs1)NCCN1C(=O)C2C3C=CC(C3)C2C1=O. The van der Waals surface area contributed by atoms with Gasteiger partial charge < -0.3 is 10.6 Å². The van der Waals surface area contributed by atoms with Gasteiger partial charge in [0.25, 0.3) is 0 Å². The normalized spacial score (nSPS) is 29.6. The Labute approximate surface area is 157 Å². The number of rotatable bonds is 6. The molecule has 1 aromatic heterocycles. The third-order valence-electron chi connectivity index (χ3n) is 5.66. The zero-order chi connectivity index (χ0) is 18.1. The van der Waals surface area contributed by atoms with Gasteiger partial charge in [0.2, 0.25) is 11.8 Å². The maximum atomic E-state index is 12.6. The smallest absolute Gasteiger partial charge is 0.233 e. The molecule has 6 nitrogen and oxygen atoms in total. The molecule has 2 bridgehead atoms. The molecule has 0 spiro atoms. The lowest BCUT2D eigenvalue weighted by Crippen LogP contribution is -2.44. The summed E-state index contributed by atoms with van der Waals surface area (Å²) in [5.41, 5.74) is 0. The van der Waals surface area contributed by atoms with E-state index in [-0.39, 0.29) is 35.5 Å². The molecule has 4 atom stereocenters. The topological polar surface area (TPSA) is 73.8 Å². The first-order chi connectivity index (χ1) is 12.7. The van der Waals surface area contributed by atoms with Crippen molar-refractivity contribution >= 4 is 29.1 Å². The number of likely N-dealkylation sites (tertiary alicyclic amines) is 1. The summed E-state index contributed by atoms with van der Waals surface area (Å²) in [6, 6.07) is 4.17. The molecule has 4 rings (SSSR count). The van der Waals surface area contributed by atoms with Gasteiger partial charge in [-0.2, -0.15) is 0 Å². The summed E-state index contributed by atoms with van der Waals surface area (Å²) in [5.74, 6) is 1.04. The van der Waals surface area contributed by atoms with Crippen LogP contribution in [0.4, 0.5) is 0 Å². The quantitative estimate of drug-likeness (QED) is 0.341. The molecule has 2 amide bonds. The Balaban J connectivity index is 1.24. The van der Waals surface area contributed by atoms with Crippen molar-refractivity contribution in [1.29, 1.82) is 0 Å². The van der Waals surface area contributed by atoms with Crippen molar-refractivity contribution in [2.75, 3.05) is 26.7 Å². The lowest BCUT2D eigenvalue weighted by molar-refractivity contribution is -0.140. The number of carbonyl (C=O) groups is 2. The number of amides is 2. The third kappa shape index (κ3) is 3.05. The number of allylic oxidation sites excluding steroid dienone is 2. The van der Waals surface area contributed by atoms with E-state index in [9.17, 15) is 9.59 Å². The highest BCUT2D eigenvalue weighted by molar-refractivity contribution is 7.09. The van der Waals surface area contributed by atoms with Crippen LogP contribution in [0, 0.1) is 23.7 Å². The Bertz CT molecular complexity index is 713. The Morgan fingerprint density at radius 1 is 1.19 bits per heavy atom. The number of guanidine groups is 1. The van der Waals surface area contributed by atoms with Gasteiger partial charge in [0.15, 0.2) is 5.96 Å². The van der Waals surface area contributed by atoms with Gasteiger partial charge in [0.1, 0.15) is 0 Å². The molecule has 0 aromatic carbocycles. The van der Waals surface area contributed by atoms with Crippen LogP contribution < -0.4 is 10.6 Å². The first-order valence-electron chi connectivity index (χ1n) is 9.19. The first kappa shape index (κ1) is 17.3. The van der Waals surface area contributed by atoms with Crippen molar-refractivity contribution in [3.63, 3.8) is 0 Å². The van der Waals surface area contributed by atoms with Crippen LogP contribution in [-0.4, -0.2) is 49.4 Å². The second-order valence-corrected chi connectivity index (χ2v) is 8.12. The molecular weight excluding hydrogens is 348 g/mol. The summed E-state index contributed by atoms with van der Waals surface area (Å²) >= 11 is 1.74. The van der Waals surface area contributed by atoms with E-state index in [1.165, 1.54) is 9.78 Å². The first-order valence-corrected chi connectivity index (χ1v) is 10.1. The molecule has 1 aliphatic heterocycles. The highest BCUT2D eigenvalue weighted by Crippen LogP contribution is 2.52. The fraction of sp³-hybridized carbons (Fsp3) is 0.526. The molecule has 0 radical (unpaired) electrons. The number of thiophene rings is 1. The predicted octanol–water partition coefficient (Wildman–Crippen LogP) is 1.26. The van der Waals surface area contributed by atoms with Gasteiger partial charge in [-0.25, -0.2) is 0 Å². The van der Waals surface area contributed by atoms with Gasteiger partial charge in [-0.15, -0.1) is 11.3 Å². The second-order valence-electron chi connectivity index (χ2n) is 7.08. The Morgan fingerprint density at radius 2 is 1.88 bits per heavy atom. The monoisotopic (exact) mass is 372 g/mol. The van der Waals surface area contributed by atoms with Crippen molar-refractivity contribution in [2.45, 2.75) is 12.8 Å². The standard InChI is InChI=1S/C19H24N4O2S/c1-20-19(21-7-6-14-3-2-10-26-14)22-8-9-23-17(24)15-12-4-5-13(11-12)16(15)18(23)25/h2-5,10,12-13,15-16H,6-9,11H2,1H3,(H2,20,21,22). The van der Waals surface area contributed by atoms with Crippen LogP contribution in [0.15, 0.2) is 34.7 Å². The predicted molar refractivity (Wildman–Crippen MR) is 102 cm³/mol. The summed E-state index contributed by atoms with van der Waals surface area (Å²) in [6.07, 6.45) is 6.16. The fourth-order valence-corrected chi connectivity index (χ4v) is 5.16. The molecule has 1 saturated carbocycles. The van der Waals surface area contributed by atoms with E-state index in [2.05, 4.69) is 39.2 Å². The minimum absolute atomic E-state index is 0.0132. The maximum Gasteiger partial charge on any atom is 0.233 e. The van der Waals surface area contributed by atoms with Crippen molar-refractivity contribution in [2.24, 2.45) is 28.7 Å². The summed E-state index contributed by atoms with van der Waals surface area (Å²) in [5, 5.41) is 8.54. The van der Waals surface area contributed by atoms with E-state index >= 15 is 0 Å². The van der Waals surface area contributed by atoms with Crippen molar-refractivity contribution < 1.29 is 9.59 Å². The molecule has 2 aliphatic carbocycles. The number of hydrogen-bond donors (Lipinski definition) is 2. The van der Waals surface area contributed by atoms with Gasteiger partial charge in [-0.1, -0.05) is 18.2 Å². The number of fused-ring (bicyclic) bond motifs is 5. The molecule has 2 N–H and O–H groups in total. The molecular formula is C19H24N4O2S. The largest absolute Gasteiger partial charge is 0.356 e. The fourth-order valence-electron chi connectivity index (χ4n) is 4.45. The zero-order valence-corrected chi connectivity index (χ0v) is 15.7. The van der Waals surface area contributed by atoms with E-state index in [1.807, 2.05) is 6.07 Å². The lowest BCUT2D eigenvalue weighted by Gasteiger charge is -2.18. The van der Waals surface area contributed by atoms with Crippen LogP contribution in [0.2, 0.25) is 0 Å². The van der Waals surface area contributed by atoms with E-state index in [1.54, 1.807) is 18.4 Å². The molecule has 1 saturated heterocycles. The van der Waals surface area contributed by atoms with E-state index < -0.39 is 0 Å². The Morgan fingerprint density at radius 3 is 2.50 bits per heavy atom. The molecule has 2 heterocycles. The van der Waals surface area contributed by atoms with E-state index in [0.717, 1.165) is 19.4 Å². The van der Waals surface area contributed by atoms with Gasteiger partial charge in [-0.3, -0.25) is 19.5 Å². The van der Waals surface area contributed by atoms with Gasteiger partial charge in [0, 0.05) is 31.6 Å². The average molecular weight is 372 g/mol.